The van der Waals surface area contributed by atoms with Crippen LogP contribution in [0.15, 0.2) is 44.3 Å². The number of nitrogens with zero attached hydrogens (tertiary/aromatic N) is 3. The van der Waals surface area contributed by atoms with Crippen LogP contribution in [0.25, 0.3) is 0 Å². The maximum atomic E-state index is 5.34. The summed E-state index contributed by atoms with van der Waals surface area (Å²) >= 11 is 3.58. The van der Waals surface area contributed by atoms with Crippen LogP contribution in [0, 0.1) is 0 Å². The largest absolute Gasteiger partial charge is 0.359 e. The van der Waals surface area contributed by atoms with Gasteiger partial charge in [-0.15, -0.1) is 0 Å². The van der Waals surface area contributed by atoms with Gasteiger partial charge in [0.2, 0.25) is 0 Å². The Morgan fingerprint density at radius 3 is 2.74 bits per heavy atom. The van der Waals surface area contributed by atoms with Gasteiger partial charge in [0.05, 0.1) is 12.2 Å². The highest BCUT2D eigenvalue weighted by Gasteiger charge is 2.11. The van der Waals surface area contributed by atoms with Gasteiger partial charge in [-0.1, -0.05) is 53.1 Å². The van der Waals surface area contributed by atoms with Crippen molar-refractivity contribution in [3.8, 4) is 0 Å². The molecule has 0 radical (unpaired) electrons. The highest BCUT2D eigenvalue weighted by molar-refractivity contribution is 9.10. The third-order valence-corrected chi connectivity index (χ3v) is 4.30. The standard InChI is InChI=1S/C17H23BrN4O/c1-12(2)16-9-14(23-21-16)10-20-17(19-3)22(4)11-13-7-5-6-8-15(13)18/h5-9,12H,10-11H2,1-4H3,(H,19,20). The molecule has 0 aliphatic carbocycles. The van der Waals surface area contributed by atoms with E-state index in [9.17, 15) is 0 Å². The quantitative estimate of drug-likeness (QED) is 0.635. The van der Waals surface area contributed by atoms with Gasteiger partial charge in [-0.05, 0) is 17.5 Å². The number of rotatable bonds is 5. The molecule has 0 unspecified atom stereocenters. The predicted molar refractivity (Wildman–Crippen MR) is 96.4 cm³/mol. The maximum absolute atomic E-state index is 5.34. The zero-order valence-corrected chi connectivity index (χ0v) is 15.6. The van der Waals surface area contributed by atoms with E-state index < -0.39 is 0 Å². The minimum atomic E-state index is 0.366. The maximum Gasteiger partial charge on any atom is 0.194 e. The molecule has 23 heavy (non-hydrogen) atoms. The first-order chi connectivity index (χ1) is 11.0. The molecule has 1 aromatic heterocycles. The molecule has 0 bridgehead atoms. The van der Waals surface area contributed by atoms with Gasteiger partial charge in [0.1, 0.15) is 0 Å². The molecule has 2 aromatic rings. The smallest absolute Gasteiger partial charge is 0.194 e. The molecule has 0 saturated heterocycles. The summed E-state index contributed by atoms with van der Waals surface area (Å²) < 4.78 is 6.44. The van der Waals surface area contributed by atoms with Crippen LogP contribution in [-0.4, -0.2) is 30.1 Å². The van der Waals surface area contributed by atoms with Crippen LogP contribution in [0.3, 0.4) is 0 Å². The Labute approximate surface area is 145 Å². The number of guanidine groups is 1. The Morgan fingerprint density at radius 1 is 1.39 bits per heavy atom. The normalized spacial score (nSPS) is 11.8. The molecule has 6 heteroatoms. The molecule has 124 valence electrons. The average Bonchev–Trinajstić information content (AvgIpc) is 2.99. The first kappa shape index (κ1) is 17.5. The number of benzene rings is 1. The lowest BCUT2D eigenvalue weighted by Gasteiger charge is -2.22. The van der Waals surface area contributed by atoms with Gasteiger partial charge in [0, 0.05) is 31.2 Å². The summed E-state index contributed by atoms with van der Waals surface area (Å²) in [5.41, 5.74) is 2.18. The van der Waals surface area contributed by atoms with Gasteiger partial charge in [-0.2, -0.15) is 0 Å². The molecule has 1 heterocycles. The van der Waals surface area contributed by atoms with Crippen molar-refractivity contribution in [2.24, 2.45) is 4.99 Å². The second kappa shape index (κ2) is 8.15. The van der Waals surface area contributed by atoms with Crippen molar-refractivity contribution in [2.45, 2.75) is 32.9 Å². The summed E-state index contributed by atoms with van der Waals surface area (Å²) in [7, 11) is 3.79. The number of aromatic nitrogens is 1. The number of hydrogen-bond donors (Lipinski definition) is 1. The molecule has 0 aliphatic heterocycles. The van der Waals surface area contributed by atoms with Crippen molar-refractivity contribution in [1.82, 2.24) is 15.4 Å². The second-order valence-electron chi connectivity index (χ2n) is 5.72. The van der Waals surface area contributed by atoms with Gasteiger partial charge in [-0.25, -0.2) is 0 Å². The fraction of sp³-hybridized carbons (Fsp3) is 0.412. The van der Waals surface area contributed by atoms with Crippen molar-refractivity contribution in [1.29, 1.82) is 0 Å². The third kappa shape index (κ3) is 4.82. The van der Waals surface area contributed by atoms with Crippen LogP contribution < -0.4 is 5.32 Å². The van der Waals surface area contributed by atoms with E-state index in [1.807, 2.05) is 31.3 Å². The number of nitrogens with one attached hydrogen (secondary N) is 1. The molecule has 1 N–H and O–H groups in total. The monoisotopic (exact) mass is 378 g/mol. The van der Waals surface area contributed by atoms with Gasteiger partial charge in [0.15, 0.2) is 11.7 Å². The van der Waals surface area contributed by atoms with Crippen molar-refractivity contribution in [3.63, 3.8) is 0 Å². The molecule has 0 amide bonds. The molecule has 2 rings (SSSR count). The number of halogens is 1. The third-order valence-electron chi connectivity index (χ3n) is 3.53. The van der Waals surface area contributed by atoms with E-state index >= 15 is 0 Å². The highest BCUT2D eigenvalue weighted by atomic mass is 79.9. The number of aliphatic imine (C=N–C) groups is 1. The van der Waals surface area contributed by atoms with Crippen LogP contribution in [0.4, 0.5) is 0 Å². The van der Waals surface area contributed by atoms with E-state index in [0.717, 1.165) is 28.4 Å². The zero-order valence-electron chi connectivity index (χ0n) is 14.0. The van der Waals surface area contributed by atoms with E-state index in [2.05, 4.69) is 56.2 Å². The Kier molecular flexibility index (Phi) is 6.21. The van der Waals surface area contributed by atoms with E-state index in [1.54, 1.807) is 7.05 Å². The van der Waals surface area contributed by atoms with Gasteiger partial charge in [-0.3, -0.25) is 4.99 Å². The van der Waals surface area contributed by atoms with Crippen molar-refractivity contribution in [2.75, 3.05) is 14.1 Å². The molecule has 0 spiro atoms. The highest BCUT2D eigenvalue weighted by Crippen LogP contribution is 2.17. The zero-order chi connectivity index (χ0) is 16.8. The molecule has 5 nitrogen and oxygen atoms in total. The van der Waals surface area contributed by atoms with Crippen molar-refractivity contribution < 1.29 is 4.52 Å². The first-order valence-electron chi connectivity index (χ1n) is 7.62. The van der Waals surface area contributed by atoms with Crippen molar-refractivity contribution >= 4 is 21.9 Å². The van der Waals surface area contributed by atoms with Crippen LogP contribution in [0.2, 0.25) is 0 Å². The fourth-order valence-electron chi connectivity index (χ4n) is 2.19. The summed E-state index contributed by atoms with van der Waals surface area (Å²) in [6.07, 6.45) is 0. The lowest BCUT2D eigenvalue weighted by atomic mass is 10.1. The van der Waals surface area contributed by atoms with E-state index in [0.29, 0.717) is 12.5 Å². The first-order valence-corrected chi connectivity index (χ1v) is 8.41. The molecule has 0 saturated carbocycles. The summed E-state index contributed by atoms with van der Waals surface area (Å²) in [5, 5.41) is 7.37. The Balaban J connectivity index is 1.95. The van der Waals surface area contributed by atoms with Crippen LogP contribution in [0.5, 0.6) is 0 Å². The van der Waals surface area contributed by atoms with E-state index in [-0.39, 0.29) is 0 Å². The van der Waals surface area contributed by atoms with Crippen molar-refractivity contribution in [3.05, 3.63) is 51.8 Å². The van der Waals surface area contributed by atoms with Crippen LogP contribution in [-0.2, 0) is 13.1 Å². The molecular formula is C17H23BrN4O. The molecule has 0 atom stereocenters. The molecule has 0 aliphatic rings. The SMILES string of the molecule is CN=C(NCc1cc(C(C)C)no1)N(C)Cc1ccccc1Br. The fourth-order valence-corrected chi connectivity index (χ4v) is 2.60. The van der Waals surface area contributed by atoms with E-state index in [1.165, 1.54) is 5.56 Å². The summed E-state index contributed by atoms with van der Waals surface area (Å²) in [4.78, 5) is 6.39. The topological polar surface area (TPSA) is 53.7 Å². The molecular weight excluding hydrogens is 356 g/mol. The summed E-state index contributed by atoms with van der Waals surface area (Å²) in [6.45, 7) is 5.51. The average molecular weight is 379 g/mol. The second-order valence-corrected chi connectivity index (χ2v) is 6.58. The number of hydrogen-bond acceptors (Lipinski definition) is 3. The predicted octanol–water partition coefficient (Wildman–Crippen LogP) is 3.77. The lowest BCUT2D eigenvalue weighted by molar-refractivity contribution is 0.368. The molecule has 1 aromatic carbocycles. The summed E-state index contributed by atoms with van der Waals surface area (Å²) in [6, 6.07) is 10.2. The van der Waals surface area contributed by atoms with Gasteiger partial charge < -0.3 is 14.7 Å². The molecule has 0 fully saturated rings. The van der Waals surface area contributed by atoms with Gasteiger partial charge >= 0.3 is 0 Å². The Hall–Kier alpha value is -1.82. The minimum absolute atomic E-state index is 0.366. The Bertz CT molecular complexity index is 666. The van der Waals surface area contributed by atoms with Gasteiger partial charge in [0.25, 0.3) is 0 Å². The lowest BCUT2D eigenvalue weighted by Crippen LogP contribution is -2.38. The summed E-state index contributed by atoms with van der Waals surface area (Å²) in [5.74, 6) is 1.98. The van der Waals surface area contributed by atoms with Crippen LogP contribution >= 0.6 is 15.9 Å². The van der Waals surface area contributed by atoms with Crippen LogP contribution in [0.1, 0.15) is 36.8 Å². The Morgan fingerprint density at radius 2 is 2.13 bits per heavy atom. The van der Waals surface area contributed by atoms with E-state index in [4.69, 9.17) is 4.52 Å². The minimum Gasteiger partial charge on any atom is -0.359 e.